The van der Waals surface area contributed by atoms with E-state index in [1.165, 1.54) is 6.92 Å². The summed E-state index contributed by atoms with van der Waals surface area (Å²) in [4.78, 5) is 21.3. The van der Waals surface area contributed by atoms with Crippen LogP contribution in [0.5, 0.6) is 11.5 Å². The summed E-state index contributed by atoms with van der Waals surface area (Å²) in [6.45, 7) is 5.55. The zero-order valence-electron chi connectivity index (χ0n) is 23.3. The van der Waals surface area contributed by atoms with Crippen molar-refractivity contribution in [2.45, 2.75) is 90.4 Å². The van der Waals surface area contributed by atoms with E-state index in [-0.39, 0.29) is 6.42 Å². The van der Waals surface area contributed by atoms with Crippen molar-refractivity contribution in [3.8, 4) is 34.0 Å². The van der Waals surface area contributed by atoms with Gasteiger partial charge in [0.05, 0.1) is 12.8 Å². The number of esters is 1. The quantitative estimate of drug-likeness (QED) is 0.104. The van der Waals surface area contributed by atoms with E-state index in [4.69, 9.17) is 9.47 Å². The Bertz CT molecular complexity index is 1130. The first-order valence-electron chi connectivity index (χ1n) is 14.0. The lowest BCUT2D eigenvalue weighted by Gasteiger charge is -2.18. The first-order valence-corrected chi connectivity index (χ1v) is 14.0. The summed E-state index contributed by atoms with van der Waals surface area (Å²) >= 11 is 0. The van der Waals surface area contributed by atoms with E-state index in [0.717, 1.165) is 61.0 Å². The van der Waals surface area contributed by atoms with E-state index in [1.54, 1.807) is 43.6 Å². The minimum Gasteiger partial charge on any atom is -0.494 e. The van der Waals surface area contributed by atoms with E-state index in [9.17, 15) is 13.6 Å². The number of unbranched alkanes of at least 4 members (excludes halogenated alkanes) is 5. The first-order chi connectivity index (χ1) is 18.8. The van der Waals surface area contributed by atoms with Gasteiger partial charge in [-0.1, -0.05) is 44.7 Å². The largest absolute Gasteiger partial charge is 0.494 e. The molecule has 0 spiro atoms. The maximum absolute atomic E-state index is 14.8. The lowest BCUT2D eigenvalue weighted by molar-refractivity contribution is -0.147. The highest BCUT2D eigenvalue weighted by Gasteiger charge is 2.34. The van der Waals surface area contributed by atoms with Crippen molar-refractivity contribution in [1.29, 1.82) is 0 Å². The summed E-state index contributed by atoms with van der Waals surface area (Å²) in [5.41, 5.74) is 0.517. The minimum atomic E-state index is -2.01. The summed E-state index contributed by atoms with van der Waals surface area (Å²) in [5.74, 6) is 0.783. The van der Waals surface area contributed by atoms with Crippen LogP contribution in [0.2, 0.25) is 0 Å². The monoisotopic (exact) mass is 538 g/mol. The van der Waals surface area contributed by atoms with Crippen LogP contribution in [0.1, 0.15) is 78.6 Å². The Kier molecular flexibility index (Phi) is 11.8. The van der Waals surface area contributed by atoms with E-state index >= 15 is 0 Å². The van der Waals surface area contributed by atoms with E-state index in [0.29, 0.717) is 31.0 Å². The maximum Gasteiger partial charge on any atom is 0.348 e. The summed E-state index contributed by atoms with van der Waals surface area (Å²) in [6.07, 6.45) is 9.92. The highest BCUT2D eigenvalue weighted by Crippen LogP contribution is 2.27. The fourth-order valence-electron chi connectivity index (χ4n) is 4.14. The first kappa shape index (κ1) is 30.2. The Morgan fingerprint density at radius 3 is 2.10 bits per heavy atom. The molecule has 210 valence electrons. The van der Waals surface area contributed by atoms with Gasteiger partial charge in [-0.3, -0.25) is 0 Å². The molecular weight excluding hydrogens is 498 g/mol. The number of ether oxygens (including phenoxy) is 2. The third-order valence-corrected chi connectivity index (χ3v) is 6.60. The number of aromatic nitrogens is 2. The topological polar surface area (TPSA) is 61.3 Å². The SMILES string of the molecule is CCCCCCC[C@](C)(F)C(=O)Oc1ccc(-c2cnc(-c3ccc(OCCCC[C@H](C)F)cc3)nc2)cc1. The second-order valence-corrected chi connectivity index (χ2v) is 10.2. The zero-order chi connectivity index (χ0) is 28.1. The lowest BCUT2D eigenvalue weighted by atomic mass is 9.99. The molecule has 39 heavy (non-hydrogen) atoms. The number of carbonyl (C=O) groups excluding carboxylic acids is 1. The van der Waals surface area contributed by atoms with Crippen molar-refractivity contribution in [2.24, 2.45) is 0 Å². The lowest BCUT2D eigenvalue weighted by Crippen LogP contribution is -2.34. The van der Waals surface area contributed by atoms with Gasteiger partial charge in [-0.2, -0.15) is 0 Å². The van der Waals surface area contributed by atoms with Crippen molar-refractivity contribution in [3.63, 3.8) is 0 Å². The number of nitrogens with zero attached hydrogens (tertiary/aromatic N) is 2. The Balaban J connectivity index is 1.50. The molecule has 7 heteroatoms. The predicted molar refractivity (Wildman–Crippen MR) is 151 cm³/mol. The molecule has 2 atom stereocenters. The van der Waals surface area contributed by atoms with Crippen molar-refractivity contribution < 1.29 is 23.0 Å². The average Bonchev–Trinajstić information content (AvgIpc) is 2.93. The third kappa shape index (κ3) is 10.0. The smallest absolute Gasteiger partial charge is 0.348 e. The number of benzene rings is 2. The molecule has 0 bridgehead atoms. The molecule has 0 aliphatic carbocycles. The van der Waals surface area contributed by atoms with Crippen LogP contribution in [-0.4, -0.2) is 34.4 Å². The van der Waals surface area contributed by atoms with Gasteiger partial charge in [0.15, 0.2) is 5.82 Å². The van der Waals surface area contributed by atoms with Gasteiger partial charge >= 0.3 is 5.97 Å². The average molecular weight is 539 g/mol. The van der Waals surface area contributed by atoms with Crippen molar-refractivity contribution in [1.82, 2.24) is 9.97 Å². The molecule has 5 nitrogen and oxygen atoms in total. The van der Waals surface area contributed by atoms with Crippen molar-refractivity contribution in [3.05, 3.63) is 60.9 Å². The van der Waals surface area contributed by atoms with Crippen LogP contribution in [0, 0.1) is 0 Å². The van der Waals surface area contributed by atoms with Crippen LogP contribution < -0.4 is 9.47 Å². The van der Waals surface area contributed by atoms with Gasteiger partial charge in [-0.25, -0.2) is 23.5 Å². The summed E-state index contributed by atoms with van der Waals surface area (Å²) < 4.78 is 38.7. The molecule has 1 heterocycles. The number of hydrogen-bond donors (Lipinski definition) is 0. The van der Waals surface area contributed by atoms with E-state index in [2.05, 4.69) is 16.9 Å². The van der Waals surface area contributed by atoms with Gasteiger partial charge in [0.25, 0.3) is 0 Å². The second-order valence-electron chi connectivity index (χ2n) is 10.2. The van der Waals surface area contributed by atoms with Crippen molar-refractivity contribution >= 4 is 5.97 Å². The molecule has 3 rings (SSSR count). The molecule has 0 saturated carbocycles. The molecule has 1 aromatic heterocycles. The van der Waals surface area contributed by atoms with Crippen LogP contribution in [0.3, 0.4) is 0 Å². The number of hydrogen-bond acceptors (Lipinski definition) is 5. The molecule has 0 unspecified atom stereocenters. The molecule has 0 amide bonds. The summed E-state index contributed by atoms with van der Waals surface area (Å²) in [7, 11) is 0. The highest BCUT2D eigenvalue weighted by molar-refractivity contribution is 5.81. The number of rotatable bonds is 16. The van der Waals surface area contributed by atoms with Crippen molar-refractivity contribution in [2.75, 3.05) is 6.61 Å². The maximum atomic E-state index is 14.8. The third-order valence-electron chi connectivity index (χ3n) is 6.60. The van der Waals surface area contributed by atoms with Gasteiger partial charge < -0.3 is 9.47 Å². The highest BCUT2D eigenvalue weighted by atomic mass is 19.1. The molecule has 0 aliphatic rings. The Hall–Kier alpha value is -3.35. The Labute approximate surface area is 231 Å². The van der Waals surface area contributed by atoms with Gasteiger partial charge in [-0.15, -0.1) is 0 Å². The molecular formula is C32H40F2N2O3. The normalized spacial score (nSPS) is 13.5. The van der Waals surface area contributed by atoms with Crippen LogP contribution in [0.15, 0.2) is 60.9 Å². The van der Waals surface area contributed by atoms with E-state index < -0.39 is 17.8 Å². The fraction of sp³-hybridized carbons (Fsp3) is 0.469. The molecule has 0 fully saturated rings. The Morgan fingerprint density at radius 1 is 0.846 bits per heavy atom. The van der Waals surface area contributed by atoms with Gasteiger partial charge in [0.2, 0.25) is 5.67 Å². The standard InChI is InChI=1S/C32H40F2N2O3/c1-4-5-6-7-9-20-32(3,34)31(37)39-29-18-12-25(13-19-29)27-22-35-30(36-23-27)26-14-16-28(17-15-26)38-21-10-8-11-24(2)33/h12-19,22-24H,4-11,20-21H2,1-3H3/t24-,32-/m0/s1. The van der Waals surface area contributed by atoms with Crippen LogP contribution in [0.4, 0.5) is 8.78 Å². The molecule has 3 aromatic rings. The second kappa shape index (κ2) is 15.3. The van der Waals surface area contributed by atoms with Crippen LogP contribution in [0.25, 0.3) is 22.5 Å². The number of carbonyl (C=O) groups is 1. The molecule has 2 aromatic carbocycles. The van der Waals surface area contributed by atoms with Gasteiger partial charge in [-0.05, 0) is 87.9 Å². The summed E-state index contributed by atoms with van der Waals surface area (Å²) in [5, 5.41) is 0. The minimum absolute atomic E-state index is 0.161. The molecule has 0 aliphatic heterocycles. The molecule has 0 radical (unpaired) electrons. The molecule has 0 N–H and O–H groups in total. The number of halogens is 2. The summed E-state index contributed by atoms with van der Waals surface area (Å²) in [6, 6.07) is 14.4. The van der Waals surface area contributed by atoms with Gasteiger partial charge in [0.1, 0.15) is 11.5 Å². The number of alkyl halides is 2. The van der Waals surface area contributed by atoms with Crippen LogP contribution >= 0.6 is 0 Å². The zero-order valence-corrected chi connectivity index (χ0v) is 23.3. The fourth-order valence-corrected chi connectivity index (χ4v) is 4.14. The Morgan fingerprint density at radius 2 is 1.46 bits per heavy atom. The van der Waals surface area contributed by atoms with Gasteiger partial charge in [0, 0.05) is 23.5 Å². The van der Waals surface area contributed by atoms with E-state index in [1.807, 2.05) is 24.3 Å². The molecule has 0 saturated heterocycles. The van der Waals surface area contributed by atoms with Crippen LogP contribution in [-0.2, 0) is 4.79 Å². The predicted octanol–water partition coefficient (Wildman–Crippen LogP) is 8.71.